The van der Waals surface area contributed by atoms with Crippen molar-refractivity contribution in [3.8, 4) is 0 Å². The highest BCUT2D eigenvalue weighted by atomic mass is 14.7. The Morgan fingerprint density at radius 2 is 1.64 bits per heavy atom. The van der Waals surface area contributed by atoms with Crippen LogP contribution < -0.4 is 0 Å². The fraction of sp³-hybridized carbons (Fsp3) is 0.273. The summed E-state index contributed by atoms with van der Waals surface area (Å²) >= 11 is 0. The van der Waals surface area contributed by atoms with Crippen LogP contribution >= 0.6 is 0 Å². The van der Waals surface area contributed by atoms with Gasteiger partial charge in [-0.25, -0.2) is 0 Å². The molecule has 3 atom stereocenters. The minimum Gasteiger partial charge on any atom is -0.103 e. The van der Waals surface area contributed by atoms with E-state index in [-0.39, 0.29) is 5.41 Å². The molecule has 0 nitrogen and oxygen atoms in total. The van der Waals surface area contributed by atoms with Crippen LogP contribution in [-0.2, 0) is 5.41 Å². The molecule has 2 aliphatic rings. The second-order valence-corrected chi connectivity index (χ2v) is 6.66. The molecule has 0 spiro atoms. The van der Waals surface area contributed by atoms with Crippen LogP contribution in [0, 0.1) is 11.8 Å². The highest BCUT2D eigenvalue weighted by Crippen LogP contribution is 2.71. The molecule has 0 aromatic heterocycles. The van der Waals surface area contributed by atoms with E-state index in [0.717, 1.165) is 0 Å². The molecule has 110 valence electrons. The van der Waals surface area contributed by atoms with Gasteiger partial charge in [0.15, 0.2) is 0 Å². The number of hydrogen-bond donors (Lipinski definition) is 0. The van der Waals surface area contributed by atoms with E-state index in [1.807, 2.05) is 0 Å². The third-order valence-corrected chi connectivity index (χ3v) is 5.67. The van der Waals surface area contributed by atoms with Gasteiger partial charge in [-0.3, -0.25) is 0 Å². The Morgan fingerprint density at radius 1 is 1.00 bits per heavy atom. The number of benzene rings is 2. The molecular formula is C22H22. The molecule has 3 unspecified atom stereocenters. The van der Waals surface area contributed by atoms with Crippen molar-refractivity contribution in [2.24, 2.45) is 11.8 Å². The van der Waals surface area contributed by atoms with Crippen molar-refractivity contribution in [3.05, 3.63) is 90.0 Å². The molecule has 0 aliphatic heterocycles. The van der Waals surface area contributed by atoms with Crippen LogP contribution in [-0.4, -0.2) is 0 Å². The van der Waals surface area contributed by atoms with E-state index in [2.05, 4.69) is 80.2 Å². The molecule has 22 heavy (non-hydrogen) atoms. The van der Waals surface area contributed by atoms with E-state index < -0.39 is 0 Å². The van der Waals surface area contributed by atoms with Gasteiger partial charge in [0.2, 0.25) is 0 Å². The monoisotopic (exact) mass is 286 g/mol. The van der Waals surface area contributed by atoms with Crippen molar-refractivity contribution in [2.45, 2.75) is 25.2 Å². The largest absolute Gasteiger partial charge is 0.103 e. The average molecular weight is 286 g/mol. The summed E-state index contributed by atoms with van der Waals surface area (Å²) in [6, 6.07) is 22.0. The van der Waals surface area contributed by atoms with Crippen LogP contribution in [0.1, 0.15) is 30.9 Å². The molecule has 1 saturated carbocycles. The van der Waals surface area contributed by atoms with Gasteiger partial charge in [-0.05, 0) is 48.3 Å². The summed E-state index contributed by atoms with van der Waals surface area (Å²) < 4.78 is 0. The zero-order chi connectivity index (χ0) is 15.2. The van der Waals surface area contributed by atoms with Gasteiger partial charge in [-0.1, -0.05) is 72.3 Å². The maximum Gasteiger partial charge on any atom is 0.0308 e. The van der Waals surface area contributed by atoms with E-state index in [9.17, 15) is 0 Å². The van der Waals surface area contributed by atoms with Crippen molar-refractivity contribution in [1.29, 1.82) is 0 Å². The Bertz CT molecular complexity index is 723. The number of hydrogen-bond acceptors (Lipinski definition) is 0. The summed E-state index contributed by atoms with van der Waals surface area (Å²) in [5.74, 6) is 1.29. The zero-order valence-electron chi connectivity index (χ0n) is 13.1. The predicted molar refractivity (Wildman–Crippen MR) is 93.6 cm³/mol. The lowest BCUT2D eigenvalue weighted by Gasteiger charge is -2.29. The molecule has 0 saturated heterocycles. The van der Waals surface area contributed by atoms with E-state index in [0.29, 0.717) is 11.8 Å². The van der Waals surface area contributed by atoms with Gasteiger partial charge in [0.1, 0.15) is 0 Å². The Balaban J connectivity index is 1.96. The fourth-order valence-electron chi connectivity index (χ4n) is 4.80. The number of allylic oxidation sites excluding steroid dienone is 3. The predicted octanol–water partition coefficient (Wildman–Crippen LogP) is 5.62. The fourth-order valence-corrected chi connectivity index (χ4v) is 4.80. The Kier molecular flexibility index (Phi) is 3.07. The molecule has 2 aromatic rings. The van der Waals surface area contributed by atoms with Gasteiger partial charge in [-0.15, -0.1) is 6.58 Å². The lowest BCUT2D eigenvalue weighted by atomic mass is 9.74. The number of fused-ring (bicyclic) bond motifs is 1. The van der Waals surface area contributed by atoms with Crippen molar-refractivity contribution in [3.63, 3.8) is 0 Å². The van der Waals surface area contributed by atoms with Crippen LogP contribution in [0.5, 0.6) is 0 Å². The molecule has 2 aliphatic carbocycles. The summed E-state index contributed by atoms with van der Waals surface area (Å²) in [5.41, 5.74) is 6.11. The molecule has 0 amide bonds. The first-order valence-corrected chi connectivity index (χ1v) is 8.24. The van der Waals surface area contributed by atoms with Crippen LogP contribution in [0.25, 0.3) is 5.57 Å². The van der Waals surface area contributed by atoms with Crippen LogP contribution in [0.2, 0.25) is 0 Å². The minimum absolute atomic E-state index is 0.159. The number of rotatable bonds is 3. The van der Waals surface area contributed by atoms with Crippen molar-refractivity contribution in [1.82, 2.24) is 0 Å². The second-order valence-electron chi connectivity index (χ2n) is 6.66. The van der Waals surface area contributed by atoms with E-state index in [4.69, 9.17) is 0 Å². The Hall–Kier alpha value is -2.08. The molecular weight excluding hydrogens is 264 g/mol. The van der Waals surface area contributed by atoms with E-state index in [1.165, 1.54) is 24.0 Å². The Labute approximate surface area is 133 Å². The summed E-state index contributed by atoms with van der Waals surface area (Å²) in [7, 11) is 0. The van der Waals surface area contributed by atoms with Gasteiger partial charge in [-0.2, -0.15) is 0 Å². The first kappa shape index (κ1) is 13.6. The highest BCUT2D eigenvalue weighted by molar-refractivity contribution is 5.83. The lowest BCUT2D eigenvalue weighted by Crippen LogP contribution is -2.19. The van der Waals surface area contributed by atoms with Gasteiger partial charge < -0.3 is 0 Å². The third kappa shape index (κ3) is 1.70. The van der Waals surface area contributed by atoms with Gasteiger partial charge in [0.25, 0.3) is 0 Å². The van der Waals surface area contributed by atoms with Crippen LogP contribution in [0.3, 0.4) is 0 Å². The van der Waals surface area contributed by atoms with Crippen molar-refractivity contribution >= 4 is 5.57 Å². The average Bonchev–Trinajstić information content (AvgIpc) is 3.25. The summed E-state index contributed by atoms with van der Waals surface area (Å²) in [6.07, 6.45) is 4.70. The minimum atomic E-state index is 0.159. The van der Waals surface area contributed by atoms with Crippen molar-refractivity contribution in [2.75, 3.05) is 0 Å². The first-order valence-electron chi connectivity index (χ1n) is 8.24. The molecule has 1 fully saturated rings. The molecule has 2 aromatic carbocycles. The van der Waals surface area contributed by atoms with Crippen LogP contribution in [0.4, 0.5) is 0 Å². The maximum absolute atomic E-state index is 4.15. The smallest absolute Gasteiger partial charge is 0.0308 e. The molecule has 0 heterocycles. The lowest BCUT2D eigenvalue weighted by molar-refractivity contribution is 0.623. The highest BCUT2D eigenvalue weighted by Gasteiger charge is 2.66. The van der Waals surface area contributed by atoms with E-state index in [1.54, 1.807) is 11.1 Å². The van der Waals surface area contributed by atoms with Crippen molar-refractivity contribution < 1.29 is 0 Å². The molecule has 0 heteroatoms. The van der Waals surface area contributed by atoms with Gasteiger partial charge in [0, 0.05) is 5.41 Å². The molecule has 0 bridgehead atoms. The molecule has 4 rings (SSSR count). The van der Waals surface area contributed by atoms with Gasteiger partial charge >= 0.3 is 0 Å². The van der Waals surface area contributed by atoms with Gasteiger partial charge in [0.05, 0.1) is 0 Å². The van der Waals surface area contributed by atoms with Crippen LogP contribution in [0.15, 0.2) is 78.9 Å². The topological polar surface area (TPSA) is 0 Å². The normalized spacial score (nSPS) is 29.9. The zero-order valence-corrected chi connectivity index (χ0v) is 13.1. The summed E-state index contributed by atoms with van der Waals surface area (Å²) in [6.45, 7) is 6.47. The molecule has 0 N–H and O–H groups in total. The Morgan fingerprint density at radius 3 is 2.27 bits per heavy atom. The summed E-state index contributed by atoms with van der Waals surface area (Å²) in [5, 5.41) is 0. The standard InChI is InChI=1S/C22H22/c1-3-19-20-15-14-16(2)21(17-10-6-4-7-11-17)22(19,20)18-12-8-5-9-13-18/h3-13,19-20H,1,14-15H2,2H3. The first-order chi connectivity index (χ1) is 10.8. The van der Waals surface area contributed by atoms with E-state index >= 15 is 0 Å². The SMILES string of the molecule is C=CC1C2CCC(C)=C(c3ccccc3)C12c1ccccc1. The summed E-state index contributed by atoms with van der Waals surface area (Å²) in [4.78, 5) is 0. The maximum atomic E-state index is 4.15. The molecule has 0 radical (unpaired) electrons. The second kappa shape index (κ2) is 4.98. The third-order valence-electron chi connectivity index (χ3n) is 5.67. The quantitative estimate of drug-likeness (QED) is 0.642.